The predicted molar refractivity (Wildman–Crippen MR) is 112 cm³/mol. The van der Waals surface area contributed by atoms with Crippen molar-refractivity contribution in [2.24, 2.45) is 0 Å². The van der Waals surface area contributed by atoms with Crippen LogP contribution in [0, 0.1) is 11.3 Å². The number of hydrogen-bond acceptors (Lipinski definition) is 4. The summed E-state index contributed by atoms with van der Waals surface area (Å²) >= 11 is 0. The van der Waals surface area contributed by atoms with E-state index in [2.05, 4.69) is 40.8 Å². The average molecular weight is 386 g/mol. The van der Waals surface area contributed by atoms with Gasteiger partial charge >= 0.3 is 0 Å². The summed E-state index contributed by atoms with van der Waals surface area (Å²) in [6.07, 6.45) is 14.9. The van der Waals surface area contributed by atoms with E-state index in [0.29, 0.717) is 11.6 Å². The second-order valence-electron chi connectivity index (χ2n) is 7.24. The Morgan fingerprint density at radius 3 is 2.64 bits per heavy atom. The van der Waals surface area contributed by atoms with Crippen LogP contribution in [0.25, 0.3) is 11.0 Å². The lowest BCUT2D eigenvalue weighted by Gasteiger charge is -2.21. The standard InChI is InChI=1S/C21H23N3O.CH4O.H2O.H2/c1-14-5-4-6-15(10-9-14)20-19(12-22)18-11-17(25)13-23-21(18)24(20)16-7-2-3-8-16;1-2;;/h5,9-11,13,15-16,25H,2-4,6-8H2,1H3;2H,1H3;1H2;1H. The quantitative estimate of drug-likeness (QED) is 0.808. The van der Waals surface area contributed by atoms with Crippen molar-refractivity contribution in [1.29, 1.82) is 5.26 Å². The Kier molecular flexibility index (Phi) is 7.38. The number of aliphatic hydroxyl groups excluding tert-OH is 1. The van der Waals surface area contributed by atoms with Crippen LogP contribution in [0.5, 0.6) is 5.75 Å². The maximum absolute atomic E-state index is 9.91. The summed E-state index contributed by atoms with van der Waals surface area (Å²) in [5, 5.41) is 27.6. The largest absolute Gasteiger partial charge is 0.506 e. The van der Waals surface area contributed by atoms with Crippen LogP contribution in [0.4, 0.5) is 0 Å². The number of aliphatic hydroxyl groups is 1. The molecule has 0 radical (unpaired) electrons. The normalized spacial score (nSPS) is 19.2. The lowest BCUT2D eigenvalue weighted by Crippen LogP contribution is -2.12. The fraction of sp³-hybridized carbons (Fsp3) is 0.455. The summed E-state index contributed by atoms with van der Waals surface area (Å²) in [6, 6.07) is 4.51. The number of nitrogens with zero attached hydrogens (tertiary/aromatic N) is 3. The number of nitriles is 1. The average Bonchev–Trinajstić information content (AvgIpc) is 3.25. The second kappa shape index (κ2) is 9.54. The summed E-state index contributed by atoms with van der Waals surface area (Å²) in [4.78, 5) is 4.51. The molecule has 0 saturated heterocycles. The summed E-state index contributed by atoms with van der Waals surface area (Å²) < 4.78 is 2.32. The molecule has 0 aliphatic heterocycles. The maximum Gasteiger partial charge on any atom is 0.142 e. The molecule has 1 atom stereocenters. The number of hydrogen-bond donors (Lipinski definition) is 2. The Balaban J connectivity index is 0.00000102. The Labute approximate surface area is 167 Å². The molecule has 6 heteroatoms. The molecule has 0 bridgehead atoms. The highest BCUT2D eigenvalue weighted by Gasteiger charge is 2.29. The van der Waals surface area contributed by atoms with Crippen molar-refractivity contribution in [3.63, 3.8) is 0 Å². The first-order valence-corrected chi connectivity index (χ1v) is 9.61. The molecule has 0 aromatic carbocycles. The van der Waals surface area contributed by atoms with Gasteiger partial charge in [-0.2, -0.15) is 5.26 Å². The van der Waals surface area contributed by atoms with Crippen LogP contribution in [-0.4, -0.2) is 32.4 Å². The molecular weight excluding hydrogens is 354 g/mol. The van der Waals surface area contributed by atoms with E-state index in [1.54, 1.807) is 6.07 Å². The molecule has 2 aromatic heterocycles. The van der Waals surface area contributed by atoms with Gasteiger partial charge in [0.1, 0.15) is 17.5 Å². The number of aromatic nitrogens is 2. The molecule has 2 aromatic rings. The van der Waals surface area contributed by atoms with Gasteiger partial charge in [-0.05, 0) is 38.7 Å². The lowest BCUT2D eigenvalue weighted by molar-refractivity contribution is 0.399. The molecule has 1 unspecified atom stereocenters. The zero-order valence-electron chi connectivity index (χ0n) is 16.5. The Morgan fingerprint density at radius 1 is 1.25 bits per heavy atom. The highest BCUT2D eigenvalue weighted by Crippen LogP contribution is 2.41. The zero-order chi connectivity index (χ0) is 19.4. The van der Waals surface area contributed by atoms with E-state index in [4.69, 9.17) is 5.11 Å². The van der Waals surface area contributed by atoms with Gasteiger partial charge in [-0.1, -0.05) is 36.6 Å². The lowest BCUT2D eigenvalue weighted by atomic mass is 9.95. The van der Waals surface area contributed by atoms with Crippen molar-refractivity contribution < 1.29 is 17.1 Å². The number of pyridine rings is 1. The first kappa shape index (κ1) is 21.7. The van der Waals surface area contributed by atoms with Gasteiger partial charge in [-0.25, -0.2) is 4.98 Å². The van der Waals surface area contributed by atoms with Gasteiger partial charge in [-0.15, -0.1) is 0 Å². The van der Waals surface area contributed by atoms with Crippen molar-refractivity contribution in [2.75, 3.05) is 7.11 Å². The Bertz CT molecular complexity index is 922. The zero-order valence-corrected chi connectivity index (χ0v) is 16.5. The SMILES string of the molecule is CC1=CCCC(c2c(C#N)c3cc(O)cnc3n2C2CCCC2)C=C1.CO.O.[HH]. The molecule has 4 N–H and O–H groups in total. The van der Waals surface area contributed by atoms with Crippen molar-refractivity contribution in [1.82, 2.24) is 9.55 Å². The Morgan fingerprint density at radius 2 is 1.96 bits per heavy atom. The van der Waals surface area contributed by atoms with E-state index >= 15 is 0 Å². The van der Waals surface area contributed by atoms with Crippen molar-refractivity contribution in [3.8, 4) is 11.8 Å². The third-order valence-corrected chi connectivity index (χ3v) is 5.55. The molecule has 28 heavy (non-hydrogen) atoms. The molecule has 0 amide bonds. The first-order valence-electron chi connectivity index (χ1n) is 9.61. The molecule has 2 aliphatic rings. The molecule has 2 aliphatic carbocycles. The molecule has 0 spiro atoms. The number of fused-ring (bicyclic) bond motifs is 1. The molecule has 1 saturated carbocycles. The van der Waals surface area contributed by atoms with Crippen LogP contribution in [0.3, 0.4) is 0 Å². The van der Waals surface area contributed by atoms with Crippen LogP contribution in [0.1, 0.15) is 70.1 Å². The van der Waals surface area contributed by atoms with Crippen molar-refractivity contribution in [3.05, 3.63) is 47.3 Å². The van der Waals surface area contributed by atoms with E-state index in [-0.39, 0.29) is 18.6 Å². The van der Waals surface area contributed by atoms with Gasteiger partial charge in [0.2, 0.25) is 0 Å². The highest BCUT2D eigenvalue weighted by molar-refractivity contribution is 5.86. The number of aromatic hydroxyl groups is 1. The maximum atomic E-state index is 9.91. The van der Waals surface area contributed by atoms with Gasteiger partial charge in [0, 0.05) is 31.6 Å². The van der Waals surface area contributed by atoms with Crippen molar-refractivity contribution in [2.45, 2.75) is 57.4 Å². The summed E-state index contributed by atoms with van der Waals surface area (Å²) in [7, 11) is 1.00. The van der Waals surface area contributed by atoms with E-state index in [1.165, 1.54) is 24.6 Å². The van der Waals surface area contributed by atoms with Gasteiger partial charge in [0.05, 0.1) is 11.8 Å². The van der Waals surface area contributed by atoms with Crippen LogP contribution < -0.4 is 0 Å². The van der Waals surface area contributed by atoms with E-state index in [0.717, 1.165) is 49.5 Å². The predicted octanol–water partition coefficient (Wildman–Crippen LogP) is 4.14. The van der Waals surface area contributed by atoms with Crippen LogP contribution in [0.15, 0.2) is 36.1 Å². The fourth-order valence-corrected chi connectivity index (χ4v) is 4.36. The summed E-state index contributed by atoms with van der Waals surface area (Å²) in [6.45, 7) is 2.12. The summed E-state index contributed by atoms with van der Waals surface area (Å²) in [5.74, 6) is 0.327. The third kappa shape index (κ3) is 3.96. The van der Waals surface area contributed by atoms with Crippen molar-refractivity contribution >= 4 is 11.0 Å². The molecule has 4 rings (SSSR count). The molecule has 6 nitrogen and oxygen atoms in total. The minimum Gasteiger partial charge on any atom is -0.506 e. The fourth-order valence-electron chi connectivity index (χ4n) is 4.36. The number of allylic oxidation sites excluding steroid dienone is 4. The first-order chi connectivity index (χ1) is 13.2. The van der Waals surface area contributed by atoms with Crippen LogP contribution in [-0.2, 0) is 0 Å². The minimum atomic E-state index is 0. The van der Waals surface area contributed by atoms with Gasteiger partial charge in [0.15, 0.2) is 0 Å². The van der Waals surface area contributed by atoms with E-state index < -0.39 is 0 Å². The second-order valence-corrected chi connectivity index (χ2v) is 7.24. The minimum absolute atomic E-state index is 0. The van der Waals surface area contributed by atoms with Gasteiger partial charge in [0.25, 0.3) is 0 Å². The third-order valence-electron chi connectivity index (χ3n) is 5.55. The van der Waals surface area contributed by atoms with Gasteiger partial charge in [-0.3, -0.25) is 0 Å². The molecule has 2 heterocycles. The molecule has 1 fully saturated rings. The Hall–Kier alpha value is -2.62. The van der Waals surface area contributed by atoms with E-state index in [9.17, 15) is 10.4 Å². The molecular formula is C22H31N3O3. The molecule has 152 valence electrons. The van der Waals surface area contributed by atoms with Crippen LogP contribution in [0.2, 0.25) is 0 Å². The van der Waals surface area contributed by atoms with E-state index in [1.807, 2.05) is 0 Å². The highest BCUT2D eigenvalue weighted by atomic mass is 16.3. The number of rotatable bonds is 2. The van der Waals surface area contributed by atoms with Gasteiger partial charge < -0.3 is 20.3 Å². The smallest absolute Gasteiger partial charge is 0.142 e. The monoisotopic (exact) mass is 385 g/mol. The van der Waals surface area contributed by atoms with Crippen LogP contribution >= 0.6 is 0 Å². The topological polar surface area (TPSA) is 114 Å². The summed E-state index contributed by atoms with van der Waals surface area (Å²) in [5.41, 5.74) is 3.89.